The van der Waals surface area contributed by atoms with Gasteiger partial charge in [-0.05, 0) is 48.3 Å². The molecule has 0 saturated heterocycles. The lowest BCUT2D eigenvalue weighted by Gasteiger charge is -2.20. The van der Waals surface area contributed by atoms with Crippen LogP contribution in [0.15, 0.2) is 72.8 Å². The Balaban J connectivity index is 1.66. The standard InChI is InChI=1S/C21H22/c1-17-7-9-18(10-8-17)11-12-19-13-15-21(16-14-19)20-5-3-2-4-6-20/h2-6,11-16,18H,1,7-10H2. The number of allylic oxidation sites excluding steroid dienone is 2. The van der Waals surface area contributed by atoms with Gasteiger partial charge in [0.25, 0.3) is 0 Å². The molecule has 21 heavy (non-hydrogen) atoms. The van der Waals surface area contributed by atoms with E-state index in [1.807, 2.05) is 0 Å². The van der Waals surface area contributed by atoms with E-state index in [9.17, 15) is 0 Å². The van der Waals surface area contributed by atoms with Crippen molar-refractivity contribution in [2.24, 2.45) is 5.92 Å². The molecule has 0 unspecified atom stereocenters. The SMILES string of the molecule is C=C1CCC(C=Cc2ccc(-c3ccccc3)cc2)CC1. The Morgan fingerprint density at radius 2 is 1.43 bits per heavy atom. The Labute approximate surface area is 127 Å². The van der Waals surface area contributed by atoms with E-state index < -0.39 is 0 Å². The van der Waals surface area contributed by atoms with Gasteiger partial charge in [0.05, 0.1) is 0 Å². The molecule has 106 valence electrons. The number of hydrogen-bond donors (Lipinski definition) is 0. The number of benzene rings is 2. The molecule has 0 heteroatoms. The molecule has 0 bridgehead atoms. The van der Waals surface area contributed by atoms with Crippen molar-refractivity contribution in [2.45, 2.75) is 25.7 Å². The molecule has 0 aromatic heterocycles. The second-order valence-corrected chi connectivity index (χ2v) is 5.93. The second-order valence-electron chi connectivity index (χ2n) is 5.93. The lowest BCUT2D eigenvalue weighted by atomic mass is 9.86. The van der Waals surface area contributed by atoms with Gasteiger partial charge in [0.1, 0.15) is 0 Å². The van der Waals surface area contributed by atoms with Crippen molar-refractivity contribution in [3.05, 3.63) is 78.4 Å². The first-order chi connectivity index (χ1) is 10.3. The van der Waals surface area contributed by atoms with Crippen LogP contribution in [0.4, 0.5) is 0 Å². The average Bonchev–Trinajstić information content (AvgIpc) is 2.56. The molecule has 1 aliphatic rings. The second kappa shape index (κ2) is 6.58. The van der Waals surface area contributed by atoms with E-state index >= 15 is 0 Å². The largest absolute Gasteiger partial charge is 0.0999 e. The molecule has 0 amide bonds. The summed E-state index contributed by atoms with van der Waals surface area (Å²) in [5.41, 5.74) is 5.27. The van der Waals surface area contributed by atoms with Gasteiger partial charge in [-0.3, -0.25) is 0 Å². The topological polar surface area (TPSA) is 0 Å². The summed E-state index contributed by atoms with van der Waals surface area (Å²) in [7, 11) is 0. The van der Waals surface area contributed by atoms with Crippen molar-refractivity contribution >= 4 is 6.08 Å². The molecule has 0 radical (unpaired) electrons. The highest BCUT2D eigenvalue weighted by atomic mass is 14.2. The van der Waals surface area contributed by atoms with Gasteiger partial charge >= 0.3 is 0 Å². The van der Waals surface area contributed by atoms with Crippen molar-refractivity contribution in [1.82, 2.24) is 0 Å². The maximum Gasteiger partial charge on any atom is -0.0184 e. The summed E-state index contributed by atoms with van der Waals surface area (Å²) in [6, 6.07) is 19.4. The van der Waals surface area contributed by atoms with Gasteiger partial charge in [-0.1, -0.05) is 78.9 Å². The van der Waals surface area contributed by atoms with E-state index in [-0.39, 0.29) is 0 Å². The summed E-state index contributed by atoms with van der Waals surface area (Å²) >= 11 is 0. The quantitative estimate of drug-likeness (QED) is 0.592. The van der Waals surface area contributed by atoms with Crippen LogP contribution in [-0.2, 0) is 0 Å². The van der Waals surface area contributed by atoms with Crippen LogP contribution >= 0.6 is 0 Å². The first-order valence-electron chi connectivity index (χ1n) is 7.81. The van der Waals surface area contributed by atoms with Crippen LogP contribution in [0.5, 0.6) is 0 Å². The highest BCUT2D eigenvalue weighted by Gasteiger charge is 2.12. The minimum atomic E-state index is 0.726. The molecule has 1 aliphatic carbocycles. The molecule has 0 spiro atoms. The molecular weight excluding hydrogens is 252 g/mol. The Hall–Kier alpha value is -2.08. The Kier molecular flexibility index (Phi) is 4.35. The van der Waals surface area contributed by atoms with Gasteiger partial charge in [-0.25, -0.2) is 0 Å². The van der Waals surface area contributed by atoms with Crippen molar-refractivity contribution in [1.29, 1.82) is 0 Å². The fourth-order valence-electron chi connectivity index (χ4n) is 2.91. The van der Waals surface area contributed by atoms with Gasteiger partial charge in [0.2, 0.25) is 0 Å². The lowest BCUT2D eigenvalue weighted by molar-refractivity contribution is 0.490. The normalized spacial score (nSPS) is 16.5. The third kappa shape index (κ3) is 3.72. The summed E-state index contributed by atoms with van der Waals surface area (Å²) in [6.07, 6.45) is 9.57. The zero-order valence-corrected chi connectivity index (χ0v) is 12.5. The van der Waals surface area contributed by atoms with Gasteiger partial charge in [-0.2, -0.15) is 0 Å². The van der Waals surface area contributed by atoms with Gasteiger partial charge in [0, 0.05) is 0 Å². The van der Waals surface area contributed by atoms with Gasteiger partial charge in [0.15, 0.2) is 0 Å². The van der Waals surface area contributed by atoms with Crippen molar-refractivity contribution < 1.29 is 0 Å². The van der Waals surface area contributed by atoms with E-state index in [2.05, 4.69) is 73.3 Å². The van der Waals surface area contributed by atoms with Crippen molar-refractivity contribution in [3.63, 3.8) is 0 Å². The van der Waals surface area contributed by atoms with Crippen LogP contribution in [0.3, 0.4) is 0 Å². The molecule has 0 atom stereocenters. The van der Waals surface area contributed by atoms with E-state index in [1.54, 1.807) is 0 Å². The third-order valence-electron chi connectivity index (χ3n) is 4.32. The van der Waals surface area contributed by atoms with Crippen LogP contribution in [0.2, 0.25) is 0 Å². The van der Waals surface area contributed by atoms with E-state index in [0.29, 0.717) is 0 Å². The third-order valence-corrected chi connectivity index (χ3v) is 4.32. The first kappa shape index (κ1) is 13.9. The average molecular weight is 274 g/mol. The fourth-order valence-corrected chi connectivity index (χ4v) is 2.91. The van der Waals surface area contributed by atoms with Crippen LogP contribution in [0.25, 0.3) is 17.2 Å². The fraction of sp³-hybridized carbons (Fsp3) is 0.238. The Morgan fingerprint density at radius 3 is 2.10 bits per heavy atom. The van der Waals surface area contributed by atoms with Gasteiger partial charge < -0.3 is 0 Å². The van der Waals surface area contributed by atoms with E-state index in [0.717, 1.165) is 5.92 Å². The summed E-state index contributed by atoms with van der Waals surface area (Å²) in [5, 5.41) is 0. The monoisotopic (exact) mass is 274 g/mol. The first-order valence-corrected chi connectivity index (χ1v) is 7.81. The molecule has 0 N–H and O–H groups in total. The summed E-state index contributed by atoms with van der Waals surface area (Å²) in [6.45, 7) is 4.08. The van der Waals surface area contributed by atoms with Crippen molar-refractivity contribution in [3.8, 4) is 11.1 Å². The predicted molar refractivity (Wildman–Crippen MR) is 92.0 cm³/mol. The van der Waals surface area contributed by atoms with E-state index in [4.69, 9.17) is 0 Å². The molecule has 0 heterocycles. The van der Waals surface area contributed by atoms with Crippen LogP contribution in [0.1, 0.15) is 31.2 Å². The van der Waals surface area contributed by atoms with Crippen LogP contribution < -0.4 is 0 Å². The van der Waals surface area contributed by atoms with Crippen LogP contribution in [0, 0.1) is 5.92 Å². The Bertz CT molecular complexity index is 607. The molecule has 0 nitrogen and oxygen atoms in total. The summed E-state index contributed by atoms with van der Waals surface area (Å²) in [5.74, 6) is 0.726. The highest BCUT2D eigenvalue weighted by molar-refractivity contribution is 5.65. The molecule has 2 aromatic carbocycles. The maximum absolute atomic E-state index is 4.08. The minimum absolute atomic E-state index is 0.726. The predicted octanol–water partition coefficient (Wildman–Crippen LogP) is 6.11. The van der Waals surface area contributed by atoms with Crippen molar-refractivity contribution in [2.75, 3.05) is 0 Å². The van der Waals surface area contributed by atoms with Crippen LogP contribution in [-0.4, -0.2) is 0 Å². The number of rotatable bonds is 3. The molecular formula is C21H22. The molecule has 0 aliphatic heterocycles. The van der Waals surface area contributed by atoms with Gasteiger partial charge in [-0.15, -0.1) is 0 Å². The smallest absolute Gasteiger partial charge is 0.0184 e. The molecule has 1 saturated carbocycles. The number of hydrogen-bond acceptors (Lipinski definition) is 0. The summed E-state index contributed by atoms with van der Waals surface area (Å²) in [4.78, 5) is 0. The molecule has 1 fully saturated rings. The minimum Gasteiger partial charge on any atom is -0.0999 e. The zero-order chi connectivity index (χ0) is 14.5. The molecule has 3 rings (SSSR count). The maximum atomic E-state index is 4.08. The Morgan fingerprint density at radius 1 is 0.810 bits per heavy atom. The molecule has 2 aromatic rings. The zero-order valence-electron chi connectivity index (χ0n) is 12.5. The summed E-state index contributed by atoms with van der Waals surface area (Å²) < 4.78 is 0. The lowest BCUT2D eigenvalue weighted by Crippen LogP contribution is -2.04. The highest BCUT2D eigenvalue weighted by Crippen LogP contribution is 2.28. The van der Waals surface area contributed by atoms with E-state index in [1.165, 1.54) is 47.9 Å².